The summed E-state index contributed by atoms with van der Waals surface area (Å²) < 4.78 is 14.8. The van der Waals surface area contributed by atoms with Crippen LogP contribution in [0.25, 0.3) is 0 Å². The standard InChI is InChI=1S/C15H25FN4O/c1-4-20-14(7-12(19-20)5-10(2)3)15(21)18-9-13-6-11(16)8-17-13/h7,10-11,13,17H,4-6,8-9H2,1-3H3,(H,18,21). The van der Waals surface area contributed by atoms with Gasteiger partial charge >= 0.3 is 0 Å². The van der Waals surface area contributed by atoms with Crippen molar-refractivity contribution in [3.8, 4) is 0 Å². The van der Waals surface area contributed by atoms with Gasteiger partial charge in [0.1, 0.15) is 11.9 Å². The maximum Gasteiger partial charge on any atom is 0.269 e. The lowest BCUT2D eigenvalue weighted by Crippen LogP contribution is -2.37. The Morgan fingerprint density at radius 3 is 2.95 bits per heavy atom. The molecule has 1 aliphatic rings. The summed E-state index contributed by atoms with van der Waals surface area (Å²) in [4.78, 5) is 12.3. The Bertz CT molecular complexity index is 486. The lowest BCUT2D eigenvalue weighted by molar-refractivity contribution is 0.0939. The van der Waals surface area contributed by atoms with E-state index >= 15 is 0 Å². The number of hydrogen-bond donors (Lipinski definition) is 2. The first-order valence-electron chi connectivity index (χ1n) is 7.72. The highest BCUT2D eigenvalue weighted by atomic mass is 19.1. The van der Waals surface area contributed by atoms with Crippen LogP contribution in [0.2, 0.25) is 0 Å². The van der Waals surface area contributed by atoms with E-state index in [0.29, 0.717) is 37.7 Å². The molecule has 2 rings (SSSR count). The van der Waals surface area contributed by atoms with Gasteiger partial charge in [-0.05, 0) is 31.7 Å². The number of halogens is 1. The molecule has 0 radical (unpaired) electrons. The zero-order valence-electron chi connectivity index (χ0n) is 13.0. The Morgan fingerprint density at radius 1 is 1.62 bits per heavy atom. The summed E-state index contributed by atoms with van der Waals surface area (Å²) in [7, 11) is 0. The zero-order chi connectivity index (χ0) is 15.4. The van der Waals surface area contributed by atoms with Gasteiger partial charge in [-0.3, -0.25) is 9.48 Å². The van der Waals surface area contributed by atoms with Crippen LogP contribution in [-0.2, 0) is 13.0 Å². The second-order valence-electron chi connectivity index (χ2n) is 6.08. The minimum absolute atomic E-state index is 0.0251. The highest BCUT2D eigenvalue weighted by Gasteiger charge is 2.24. The minimum Gasteiger partial charge on any atom is -0.349 e. The third kappa shape index (κ3) is 4.27. The summed E-state index contributed by atoms with van der Waals surface area (Å²) >= 11 is 0. The summed E-state index contributed by atoms with van der Waals surface area (Å²) in [5, 5.41) is 10.4. The van der Waals surface area contributed by atoms with E-state index in [-0.39, 0.29) is 11.9 Å². The fraction of sp³-hybridized carbons (Fsp3) is 0.733. The van der Waals surface area contributed by atoms with E-state index in [9.17, 15) is 9.18 Å². The predicted molar refractivity (Wildman–Crippen MR) is 80.1 cm³/mol. The summed E-state index contributed by atoms with van der Waals surface area (Å²) in [6.07, 6.45) is 0.526. The van der Waals surface area contributed by atoms with Crippen molar-refractivity contribution in [2.24, 2.45) is 5.92 Å². The highest BCUT2D eigenvalue weighted by molar-refractivity contribution is 5.92. The van der Waals surface area contributed by atoms with Crippen LogP contribution in [0.3, 0.4) is 0 Å². The molecule has 2 heterocycles. The molecule has 0 saturated carbocycles. The van der Waals surface area contributed by atoms with Crippen LogP contribution >= 0.6 is 0 Å². The lowest BCUT2D eigenvalue weighted by atomic mass is 10.1. The molecule has 1 aromatic heterocycles. The molecule has 1 aromatic rings. The molecule has 21 heavy (non-hydrogen) atoms. The van der Waals surface area contributed by atoms with Crippen LogP contribution in [0.4, 0.5) is 4.39 Å². The third-order valence-electron chi connectivity index (χ3n) is 3.66. The van der Waals surface area contributed by atoms with Gasteiger partial charge < -0.3 is 10.6 Å². The van der Waals surface area contributed by atoms with Crippen molar-refractivity contribution in [1.29, 1.82) is 0 Å². The van der Waals surface area contributed by atoms with Crippen LogP contribution in [0, 0.1) is 5.92 Å². The molecule has 2 unspecified atom stereocenters. The first-order valence-corrected chi connectivity index (χ1v) is 7.72. The van der Waals surface area contributed by atoms with E-state index in [0.717, 1.165) is 12.1 Å². The second-order valence-corrected chi connectivity index (χ2v) is 6.08. The molecule has 1 aliphatic heterocycles. The fourth-order valence-electron chi connectivity index (χ4n) is 2.64. The molecule has 0 aliphatic carbocycles. The molecule has 1 amide bonds. The molecule has 2 N–H and O–H groups in total. The number of amides is 1. The summed E-state index contributed by atoms with van der Waals surface area (Å²) in [6, 6.07) is 1.89. The van der Waals surface area contributed by atoms with Gasteiger partial charge in [0.15, 0.2) is 0 Å². The van der Waals surface area contributed by atoms with Gasteiger partial charge in [-0.1, -0.05) is 13.8 Å². The van der Waals surface area contributed by atoms with Crippen molar-refractivity contribution >= 4 is 5.91 Å². The number of nitrogens with zero attached hydrogens (tertiary/aromatic N) is 2. The number of rotatable bonds is 6. The van der Waals surface area contributed by atoms with E-state index in [1.165, 1.54) is 0 Å². The molecular weight excluding hydrogens is 271 g/mol. The largest absolute Gasteiger partial charge is 0.349 e. The van der Waals surface area contributed by atoms with E-state index in [1.54, 1.807) is 4.68 Å². The number of carbonyl (C=O) groups is 1. The van der Waals surface area contributed by atoms with Crippen molar-refractivity contribution in [3.63, 3.8) is 0 Å². The zero-order valence-corrected chi connectivity index (χ0v) is 13.0. The van der Waals surface area contributed by atoms with E-state index in [4.69, 9.17) is 0 Å². The third-order valence-corrected chi connectivity index (χ3v) is 3.66. The van der Waals surface area contributed by atoms with Crippen LogP contribution in [0.1, 0.15) is 43.4 Å². The first-order chi connectivity index (χ1) is 9.99. The second kappa shape index (κ2) is 7.02. The molecule has 0 spiro atoms. The van der Waals surface area contributed by atoms with Gasteiger partial charge in [0.05, 0.1) is 5.69 Å². The van der Waals surface area contributed by atoms with E-state index in [1.807, 2.05) is 13.0 Å². The monoisotopic (exact) mass is 296 g/mol. The van der Waals surface area contributed by atoms with Gasteiger partial charge in [0.25, 0.3) is 5.91 Å². The number of alkyl halides is 1. The van der Waals surface area contributed by atoms with Gasteiger partial charge in [0, 0.05) is 25.7 Å². The highest BCUT2D eigenvalue weighted by Crippen LogP contribution is 2.11. The Morgan fingerprint density at radius 2 is 2.38 bits per heavy atom. The Hall–Kier alpha value is -1.43. The molecule has 5 nitrogen and oxygen atoms in total. The van der Waals surface area contributed by atoms with Crippen molar-refractivity contribution in [1.82, 2.24) is 20.4 Å². The summed E-state index contributed by atoms with van der Waals surface area (Å²) in [5.41, 5.74) is 1.53. The molecule has 2 atom stereocenters. The molecule has 0 bridgehead atoms. The van der Waals surface area contributed by atoms with Gasteiger partial charge in [-0.25, -0.2) is 4.39 Å². The Kier molecular flexibility index (Phi) is 5.33. The molecular formula is C15H25FN4O. The van der Waals surface area contributed by atoms with Crippen molar-refractivity contribution < 1.29 is 9.18 Å². The van der Waals surface area contributed by atoms with Crippen LogP contribution in [0.15, 0.2) is 6.07 Å². The summed E-state index contributed by atoms with van der Waals surface area (Å²) in [6.45, 7) is 7.72. The van der Waals surface area contributed by atoms with E-state index < -0.39 is 6.17 Å². The van der Waals surface area contributed by atoms with Crippen molar-refractivity contribution in [3.05, 3.63) is 17.5 Å². The lowest BCUT2D eigenvalue weighted by Gasteiger charge is -2.11. The number of hydrogen-bond acceptors (Lipinski definition) is 3. The van der Waals surface area contributed by atoms with E-state index in [2.05, 4.69) is 29.6 Å². The first kappa shape index (κ1) is 15.9. The topological polar surface area (TPSA) is 59.0 Å². The van der Waals surface area contributed by atoms with Crippen LogP contribution < -0.4 is 10.6 Å². The maximum absolute atomic E-state index is 13.1. The average molecular weight is 296 g/mol. The molecule has 6 heteroatoms. The van der Waals surface area contributed by atoms with Gasteiger partial charge in [-0.2, -0.15) is 5.10 Å². The van der Waals surface area contributed by atoms with Crippen molar-refractivity contribution in [2.75, 3.05) is 13.1 Å². The normalized spacial score (nSPS) is 22.0. The van der Waals surface area contributed by atoms with Crippen LogP contribution in [-0.4, -0.2) is 41.0 Å². The number of aromatic nitrogens is 2. The Balaban J connectivity index is 1.96. The maximum atomic E-state index is 13.1. The molecule has 1 fully saturated rings. The van der Waals surface area contributed by atoms with Gasteiger partial charge in [0.2, 0.25) is 0 Å². The minimum atomic E-state index is -0.800. The van der Waals surface area contributed by atoms with Crippen molar-refractivity contribution in [2.45, 2.75) is 52.4 Å². The smallest absolute Gasteiger partial charge is 0.269 e. The Labute approximate surface area is 125 Å². The number of nitrogens with one attached hydrogen (secondary N) is 2. The molecule has 0 aromatic carbocycles. The molecule has 1 saturated heterocycles. The average Bonchev–Trinajstić information content (AvgIpc) is 3.01. The van der Waals surface area contributed by atoms with Crippen LogP contribution in [0.5, 0.6) is 0 Å². The van der Waals surface area contributed by atoms with Gasteiger partial charge in [-0.15, -0.1) is 0 Å². The number of carbonyl (C=O) groups excluding carboxylic acids is 1. The molecule has 118 valence electrons. The number of aryl methyl sites for hydroxylation is 1. The quantitative estimate of drug-likeness (QED) is 0.837. The fourth-order valence-corrected chi connectivity index (χ4v) is 2.64. The predicted octanol–water partition coefficient (Wildman–Crippen LogP) is 1.53. The summed E-state index contributed by atoms with van der Waals surface area (Å²) in [5.74, 6) is 0.369. The SMILES string of the molecule is CCn1nc(CC(C)C)cc1C(=O)NCC1CC(F)CN1.